The molecule has 8 heteroatoms. The Kier molecular flexibility index (Phi) is 293. The van der Waals surface area contributed by atoms with Gasteiger partial charge in [-0.3, -0.25) is 4.79 Å². The predicted molar refractivity (Wildman–Crippen MR) is 13.3 cm³/mol. The van der Waals surface area contributed by atoms with Crippen molar-refractivity contribution in [2.45, 2.75) is 6.92 Å². The molecule has 0 fully saturated rings. The quantitative estimate of drug-likeness (QED) is 0.481. The van der Waals surface area contributed by atoms with E-state index >= 15 is 0 Å². The van der Waals surface area contributed by atoms with Crippen LogP contribution in [0.5, 0.6) is 0 Å². The molecule has 0 heterocycles. The molecule has 0 aromatic carbocycles. The van der Waals surface area contributed by atoms with Crippen LogP contribution in [0.25, 0.3) is 0 Å². The molecule has 1 N–H and O–H groups in total. The summed E-state index contributed by atoms with van der Waals surface area (Å²) < 4.78 is 0. The number of carboxylic acids is 1. The standard InChI is InChI=1S/C2H4O2.5ClH.V/c1-2(3)4;;;;;;/h1H3,(H,3,4);5*1H;/q;;;;;;+5/p-5. The molecule has 0 aromatic heterocycles. The molecule has 0 unspecified atom stereocenters. The second-order valence-electron chi connectivity index (χ2n) is 0.519. The summed E-state index contributed by atoms with van der Waals surface area (Å²) in [6.45, 7) is 1.08. The summed E-state index contributed by atoms with van der Waals surface area (Å²) in [5.74, 6) is -0.833. The molecule has 0 spiro atoms. The maximum Gasteiger partial charge on any atom is 5.00 e. The summed E-state index contributed by atoms with van der Waals surface area (Å²) in [5, 5.41) is 7.42. The van der Waals surface area contributed by atoms with E-state index in [0.29, 0.717) is 0 Å². The zero-order chi connectivity index (χ0) is 3.58. The minimum absolute atomic E-state index is 0. The Morgan fingerprint density at radius 3 is 1.00 bits per heavy atom. The van der Waals surface area contributed by atoms with Crippen LogP contribution in [-0.4, -0.2) is 11.1 Å². The number of hydrogen-bond donors (Lipinski definition) is 1. The van der Waals surface area contributed by atoms with Crippen molar-refractivity contribution in [1.29, 1.82) is 0 Å². The molecule has 0 amide bonds. The molecule has 0 bridgehead atoms. The van der Waals surface area contributed by atoms with Gasteiger partial charge >= 0.3 is 18.6 Å². The Balaban J connectivity index is -0.00000000300. The van der Waals surface area contributed by atoms with Crippen LogP contribution < -0.4 is 62.0 Å². The van der Waals surface area contributed by atoms with E-state index in [1.165, 1.54) is 0 Å². The van der Waals surface area contributed by atoms with E-state index < -0.39 is 5.97 Å². The smallest absolute Gasteiger partial charge is 1.00 e. The molecule has 0 aliphatic rings. The first-order valence-corrected chi connectivity index (χ1v) is 0.928. The minimum atomic E-state index is -0.833. The van der Waals surface area contributed by atoms with E-state index in [4.69, 9.17) is 9.90 Å². The van der Waals surface area contributed by atoms with Crippen LogP contribution in [0.3, 0.4) is 0 Å². The van der Waals surface area contributed by atoms with Crippen LogP contribution in [0, 0.1) is 0 Å². The van der Waals surface area contributed by atoms with Gasteiger partial charge in [-0.1, -0.05) is 0 Å². The summed E-state index contributed by atoms with van der Waals surface area (Å²) in [4.78, 5) is 9.00. The number of aliphatic carboxylic acids is 1. The normalized spacial score (nSPS) is 2.50. The van der Waals surface area contributed by atoms with E-state index in [0.717, 1.165) is 6.92 Å². The first-order chi connectivity index (χ1) is 1.73. The van der Waals surface area contributed by atoms with E-state index in [9.17, 15) is 0 Å². The summed E-state index contributed by atoms with van der Waals surface area (Å²) in [7, 11) is 0. The van der Waals surface area contributed by atoms with Crippen molar-refractivity contribution in [3.63, 3.8) is 0 Å². The molecule has 0 aliphatic heterocycles. The number of halogens is 5. The zero-order valence-corrected chi connectivity index (χ0v) is 9.87. The predicted octanol–water partition coefficient (Wildman–Crippen LogP) is -14.9. The van der Waals surface area contributed by atoms with E-state index in [1.807, 2.05) is 0 Å². The average Bonchev–Trinajstić information content (AvgIpc) is 0.811. The minimum Gasteiger partial charge on any atom is -1.00 e. The topological polar surface area (TPSA) is 37.3 Å². The van der Waals surface area contributed by atoms with Gasteiger partial charge in [-0.15, -0.1) is 0 Å². The van der Waals surface area contributed by atoms with Crippen LogP contribution in [0.15, 0.2) is 0 Å². The molecule has 0 radical (unpaired) electrons. The van der Waals surface area contributed by atoms with Gasteiger partial charge in [-0.05, 0) is 0 Å². The van der Waals surface area contributed by atoms with Crippen LogP contribution in [0.2, 0.25) is 0 Å². The van der Waals surface area contributed by atoms with Crippen molar-refractivity contribution < 1.29 is 90.5 Å². The average molecular weight is 288 g/mol. The molecular formula is C2H4Cl5O2V. The second kappa shape index (κ2) is 46.8. The molecule has 10 heavy (non-hydrogen) atoms. The number of carbonyl (C=O) groups is 1. The molecule has 0 aromatic rings. The van der Waals surface area contributed by atoms with Crippen molar-refractivity contribution in [3.05, 3.63) is 0 Å². The van der Waals surface area contributed by atoms with Gasteiger partial charge in [0.15, 0.2) is 0 Å². The molecule has 0 saturated carbocycles. The third-order valence-corrected chi connectivity index (χ3v) is 0. The zero-order valence-electron chi connectivity index (χ0n) is 4.69. The summed E-state index contributed by atoms with van der Waals surface area (Å²) in [6.07, 6.45) is 0. The van der Waals surface area contributed by atoms with Gasteiger partial charge in [-0.2, -0.15) is 0 Å². The summed E-state index contributed by atoms with van der Waals surface area (Å²) >= 11 is 0. The van der Waals surface area contributed by atoms with Gasteiger partial charge in [0.25, 0.3) is 5.97 Å². The molecule has 0 rings (SSSR count). The van der Waals surface area contributed by atoms with Crippen LogP contribution in [0.1, 0.15) is 6.92 Å². The number of hydrogen-bond acceptors (Lipinski definition) is 1. The SMILES string of the molecule is CC(=O)O.[Cl-].[Cl-].[Cl-].[Cl-].[Cl-].[V+5]. The summed E-state index contributed by atoms with van der Waals surface area (Å²) in [6, 6.07) is 0. The fourth-order valence-corrected chi connectivity index (χ4v) is 0. The number of carboxylic acid groups (broad SMARTS) is 1. The van der Waals surface area contributed by atoms with Crippen LogP contribution in [-0.2, 0) is 23.4 Å². The van der Waals surface area contributed by atoms with Crippen molar-refractivity contribution in [2.24, 2.45) is 0 Å². The largest absolute Gasteiger partial charge is 5.00 e. The molecule has 0 saturated heterocycles. The van der Waals surface area contributed by atoms with Crippen LogP contribution in [0.4, 0.5) is 0 Å². The fourth-order valence-electron chi connectivity index (χ4n) is 0. The Morgan fingerprint density at radius 2 is 1.00 bits per heavy atom. The molecular weight excluding hydrogens is 284 g/mol. The van der Waals surface area contributed by atoms with Crippen molar-refractivity contribution in [1.82, 2.24) is 0 Å². The molecule has 0 aliphatic carbocycles. The second-order valence-corrected chi connectivity index (χ2v) is 0.519. The Bertz CT molecular complexity index is 40.6. The molecule has 64 valence electrons. The summed E-state index contributed by atoms with van der Waals surface area (Å²) in [5.41, 5.74) is 0. The van der Waals surface area contributed by atoms with Gasteiger partial charge in [0.2, 0.25) is 0 Å². The van der Waals surface area contributed by atoms with Crippen molar-refractivity contribution in [2.75, 3.05) is 0 Å². The monoisotopic (exact) mass is 286 g/mol. The Labute approximate surface area is 103 Å². The Hall–Kier alpha value is 1.50. The van der Waals surface area contributed by atoms with Crippen molar-refractivity contribution in [3.8, 4) is 0 Å². The first-order valence-electron chi connectivity index (χ1n) is 0.928. The first kappa shape index (κ1) is 62.6. The molecule has 0 atom stereocenters. The van der Waals surface area contributed by atoms with Gasteiger partial charge in [0, 0.05) is 6.92 Å². The van der Waals surface area contributed by atoms with Gasteiger partial charge in [-0.25, -0.2) is 0 Å². The van der Waals surface area contributed by atoms with Gasteiger partial charge in [0.1, 0.15) is 0 Å². The van der Waals surface area contributed by atoms with Crippen LogP contribution >= 0.6 is 0 Å². The van der Waals surface area contributed by atoms with E-state index in [2.05, 4.69) is 0 Å². The fraction of sp³-hybridized carbons (Fsp3) is 0.500. The van der Waals surface area contributed by atoms with Crippen molar-refractivity contribution >= 4 is 5.97 Å². The maximum atomic E-state index is 9.00. The molecule has 2 nitrogen and oxygen atoms in total. The third-order valence-electron chi connectivity index (χ3n) is 0. The Morgan fingerprint density at radius 1 is 1.00 bits per heavy atom. The number of rotatable bonds is 0. The maximum absolute atomic E-state index is 9.00. The van der Waals surface area contributed by atoms with E-state index in [1.54, 1.807) is 0 Å². The van der Waals surface area contributed by atoms with Gasteiger partial charge < -0.3 is 67.1 Å². The van der Waals surface area contributed by atoms with Gasteiger partial charge in [0.05, 0.1) is 0 Å². The third kappa shape index (κ3) is 304. The van der Waals surface area contributed by atoms with E-state index in [-0.39, 0.29) is 80.6 Å².